The quantitative estimate of drug-likeness (QED) is 0.692. The van der Waals surface area contributed by atoms with Crippen molar-refractivity contribution < 1.29 is 9.84 Å². The lowest BCUT2D eigenvalue weighted by molar-refractivity contribution is 0.115. The molecule has 0 amide bonds. The van der Waals surface area contributed by atoms with Crippen molar-refractivity contribution in [3.63, 3.8) is 0 Å². The van der Waals surface area contributed by atoms with E-state index in [1.54, 1.807) is 7.11 Å². The Bertz CT molecular complexity index is 223. The highest BCUT2D eigenvalue weighted by molar-refractivity contribution is 4.90. The highest BCUT2D eigenvalue weighted by Crippen LogP contribution is 2.19. The highest BCUT2D eigenvalue weighted by Gasteiger charge is 2.30. The van der Waals surface area contributed by atoms with E-state index in [2.05, 4.69) is 31.0 Å². The molecule has 0 bridgehead atoms. The number of nitrogens with zero attached hydrogens (tertiary/aromatic N) is 1. The van der Waals surface area contributed by atoms with Crippen LogP contribution in [0.4, 0.5) is 0 Å². The second kappa shape index (κ2) is 6.69. The van der Waals surface area contributed by atoms with Gasteiger partial charge >= 0.3 is 0 Å². The minimum Gasteiger partial charge on any atom is -0.394 e. The monoisotopic (exact) mass is 244 g/mol. The van der Waals surface area contributed by atoms with Gasteiger partial charge in [0.15, 0.2) is 0 Å². The van der Waals surface area contributed by atoms with Gasteiger partial charge in [0.25, 0.3) is 0 Å². The zero-order valence-corrected chi connectivity index (χ0v) is 11.7. The van der Waals surface area contributed by atoms with E-state index in [4.69, 9.17) is 4.74 Å². The molecular formula is C13H28N2O2. The molecule has 2 N–H and O–H groups in total. The number of likely N-dealkylation sites (tertiary alicyclic amines) is 1. The minimum atomic E-state index is -0.198. The molecule has 1 aliphatic heterocycles. The molecule has 1 fully saturated rings. The Morgan fingerprint density at radius 1 is 1.53 bits per heavy atom. The standard InChI is InChI=1S/C13H28N2O2/c1-11(2)14-13(3,10-16)9-15-6-5-12(7-15)8-17-4/h11-12,14,16H,5-10H2,1-4H3. The van der Waals surface area contributed by atoms with Gasteiger partial charge in [-0.05, 0) is 25.8 Å². The second-order valence-corrected chi connectivity index (χ2v) is 5.86. The largest absolute Gasteiger partial charge is 0.394 e. The molecule has 1 heterocycles. The van der Waals surface area contributed by atoms with Gasteiger partial charge in [0.1, 0.15) is 0 Å². The maximum absolute atomic E-state index is 9.55. The highest BCUT2D eigenvalue weighted by atomic mass is 16.5. The van der Waals surface area contributed by atoms with E-state index in [0.29, 0.717) is 12.0 Å². The van der Waals surface area contributed by atoms with Crippen LogP contribution in [0.15, 0.2) is 0 Å². The Hall–Kier alpha value is -0.160. The van der Waals surface area contributed by atoms with Crippen molar-refractivity contribution in [2.45, 2.75) is 38.8 Å². The van der Waals surface area contributed by atoms with E-state index in [1.165, 1.54) is 6.42 Å². The van der Waals surface area contributed by atoms with Crippen molar-refractivity contribution in [2.24, 2.45) is 5.92 Å². The molecule has 0 aliphatic carbocycles. The number of hydrogen-bond donors (Lipinski definition) is 2. The van der Waals surface area contributed by atoms with Gasteiger partial charge in [-0.25, -0.2) is 0 Å². The Morgan fingerprint density at radius 2 is 2.24 bits per heavy atom. The summed E-state index contributed by atoms with van der Waals surface area (Å²) in [4.78, 5) is 2.43. The van der Waals surface area contributed by atoms with Gasteiger partial charge in [0.05, 0.1) is 18.8 Å². The van der Waals surface area contributed by atoms with Gasteiger partial charge in [0.2, 0.25) is 0 Å². The number of hydrogen-bond acceptors (Lipinski definition) is 4. The molecule has 0 radical (unpaired) electrons. The van der Waals surface area contributed by atoms with Crippen LogP contribution in [0.2, 0.25) is 0 Å². The van der Waals surface area contributed by atoms with E-state index in [1.807, 2.05) is 0 Å². The third kappa shape index (κ3) is 4.92. The average molecular weight is 244 g/mol. The molecule has 0 aromatic carbocycles. The van der Waals surface area contributed by atoms with Crippen LogP contribution >= 0.6 is 0 Å². The summed E-state index contributed by atoms with van der Waals surface area (Å²) in [6, 6.07) is 0.393. The fourth-order valence-electron chi connectivity index (χ4n) is 2.76. The number of ether oxygens (including phenoxy) is 1. The summed E-state index contributed by atoms with van der Waals surface area (Å²) in [6.45, 7) is 10.5. The van der Waals surface area contributed by atoms with Crippen LogP contribution in [-0.2, 0) is 4.74 Å². The molecule has 4 heteroatoms. The molecular weight excluding hydrogens is 216 g/mol. The summed E-state index contributed by atoms with van der Waals surface area (Å²) in [7, 11) is 1.76. The Balaban J connectivity index is 2.41. The first-order valence-corrected chi connectivity index (χ1v) is 6.59. The molecule has 0 spiro atoms. The lowest BCUT2D eigenvalue weighted by atomic mass is 10.0. The van der Waals surface area contributed by atoms with E-state index >= 15 is 0 Å². The summed E-state index contributed by atoms with van der Waals surface area (Å²) >= 11 is 0. The average Bonchev–Trinajstić information content (AvgIpc) is 2.65. The molecule has 1 rings (SSSR count). The van der Waals surface area contributed by atoms with Crippen LogP contribution < -0.4 is 5.32 Å². The van der Waals surface area contributed by atoms with Crippen molar-refractivity contribution in [1.29, 1.82) is 0 Å². The van der Waals surface area contributed by atoms with Crippen LogP contribution in [0.1, 0.15) is 27.2 Å². The summed E-state index contributed by atoms with van der Waals surface area (Å²) in [6.07, 6.45) is 1.21. The second-order valence-electron chi connectivity index (χ2n) is 5.86. The van der Waals surface area contributed by atoms with E-state index in [-0.39, 0.29) is 12.1 Å². The van der Waals surface area contributed by atoms with Crippen molar-refractivity contribution >= 4 is 0 Å². The van der Waals surface area contributed by atoms with Crippen LogP contribution in [0.3, 0.4) is 0 Å². The van der Waals surface area contributed by atoms with Crippen molar-refractivity contribution in [2.75, 3.05) is 40.0 Å². The predicted molar refractivity (Wildman–Crippen MR) is 70.2 cm³/mol. The lowest BCUT2D eigenvalue weighted by Gasteiger charge is -2.35. The van der Waals surface area contributed by atoms with Gasteiger partial charge in [-0.2, -0.15) is 0 Å². The van der Waals surface area contributed by atoms with Crippen molar-refractivity contribution in [3.8, 4) is 0 Å². The van der Waals surface area contributed by atoms with Crippen molar-refractivity contribution in [1.82, 2.24) is 10.2 Å². The minimum absolute atomic E-state index is 0.177. The van der Waals surface area contributed by atoms with Gasteiger partial charge in [-0.1, -0.05) is 13.8 Å². The van der Waals surface area contributed by atoms with Crippen LogP contribution in [0, 0.1) is 5.92 Å². The smallest absolute Gasteiger partial charge is 0.0623 e. The molecule has 1 aliphatic rings. The van der Waals surface area contributed by atoms with Crippen LogP contribution in [0.5, 0.6) is 0 Å². The van der Waals surface area contributed by atoms with Crippen LogP contribution in [-0.4, -0.2) is 61.5 Å². The Labute approximate surface area is 105 Å². The summed E-state index contributed by atoms with van der Waals surface area (Å²) in [5.41, 5.74) is -0.198. The maximum atomic E-state index is 9.55. The van der Waals surface area contributed by atoms with E-state index < -0.39 is 0 Å². The number of aliphatic hydroxyl groups excluding tert-OH is 1. The van der Waals surface area contributed by atoms with E-state index in [9.17, 15) is 5.11 Å². The van der Waals surface area contributed by atoms with Gasteiger partial charge < -0.3 is 20.1 Å². The van der Waals surface area contributed by atoms with Crippen LogP contribution in [0.25, 0.3) is 0 Å². The molecule has 102 valence electrons. The number of methoxy groups -OCH3 is 1. The lowest BCUT2D eigenvalue weighted by Crippen LogP contribution is -2.55. The zero-order chi connectivity index (χ0) is 12.9. The molecule has 0 aromatic heterocycles. The van der Waals surface area contributed by atoms with Gasteiger partial charge in [-0.15, -0.1) is 0 Å². The predicted octanol–water partition coefficient (Wildman–Crippen LogP) is 0.704. The van der Waals surface area contributed by atoms with Gasteiger partial charge in [0, 0.05) is 26.2 Å². The molecule has 2 atom stereocenters. The molecule has 0 aromatic rings. The molecule has 0 saturated carbocycles. The summed E-state index contributed by atoms with van der Waals surface area (Å²) in [5, 5.41) is 13.0. The first-order valence-electron chi connectivity index (χ1n) is 6.59. The Kier molecular flexibility index (Phi) is 5.86. The normalized spacial score (nSPS) is 25.4. The van der Waals surface area contributed by atoms with Gasteiger partial charge in [-0.3, -0.25) is 0 Å². The first-order chi connectivity index (χ1) is 7.99. The number of nitrogens with one attached hydrogen (secondary N) is 1. The zero-order valence-electron chi connectivity index (χ0n) is 11.7. The number of aliphatic hydroxyl groups is 1. The molecule has 4 nitrogen and oxygen atoms in total. The molecule has 17 heavy (non-hydrogen) atoms. The topological polar surface area (TPSA) is 44.7 Å². The maximum Gasteiger partial charge on any atom is 0.0623 e. The fraction of sp³-hybridized carbons (Fsp3) is 1.00. The SMILES string of the molecule is COCC1CCN(CC(C)(CO)NC(C)C)C1. The molecule has 1 saturated heterocycles. The molecule has 2 unspecified atom stereocenters. The third-order valence-corrected chi connectivity index (χ3v) is 3.33. The summed E-state index contributed by atoms with van der Waals surface area (Å²) < 4.78 is 5.20. The summed E-state index contributed by atoms with van der Waals surface area (Å²) in [5.74, 6) is 0.655. The van der Waals surface area contributed by atoms with E-state index in [0.717, 1.165) is 26.2 Å². The third-order valence-electron chi connectivity index (χ3n) is 3.33. The fourth-order valence-corrected chi connectivity index (χ4v) is 2.76. The first kappa shape index (κ1) is 14.9. The Morgan fingerprint density at radius 3 is 2.76 bits per heavy atom. The van der Waals surface area contributed by atoms with Crippen molar-refractivity contribution in [3.05, 3.63) is 0 Å². The number of rotatable bonds is 7.